The van der Waals surface area contributed by atoms with Crippen molar-refractivity contribution in [3.05, 3.63) is 35.9 Å². The van der Waals surface area contributed by atoms with Crippen molar-refractivity contribution >= 4 is 23.4 Å². The fraction of sp³-hybridized carbons (Fsp3) is 0.545. The van der Waals surface area contributed by atoms with E-state index < -0.39 is 0 Å². The Morgan fingerprint density at radius 2 is 1.75 bits per heavy atom. The number of aryl methyl sites for hydroxylation is 1. The molecular weight excluding hydrogens is 312 g/mol. The molecule has 0 saturated heterocycles. The van der Waals surface area contributed by atoms with E-state index in [1.165, 1.54) is 56.8 Å². The summed E-state index contributed by atoms with van der Waals surface area (Å²) in [6.07, 6.45) is 11.9. The Morgan fingerprint density at radius 1 is 1.08 bits per heavy atom. The lowest BCUT2D eigenvalue weighted by Crippen LogP contribution is -1.96. The second kappa shape index (κ2) is 9.98. The fourth-order valence-electron chi connectivity index (χ4n) is 3.76. The molecule has 2 heteroatoms. The van der Waals surface area contributed by atoms with Crippen LogP contribution in [0.2, 0.25) is 0 Å². The molecule has 0 bridgehead atoms. The number of fused-ring (bicyclic) bond motifs is 1. The van der Waals surface area contributed by atoms with Crippen molar-refractivity contribution in [2.75, 3.05) is 7.11 Å². The van der Waals surface area contributed by atoms with Crippen LogP contribution in [-0.4, -0.2) is 7.11 Å². The average Bonchev–Trinajstić information content (AvgIpc) is 2.85. The molecule has 2 aromatic carbocycles. The minimum Gasteiger partial charge on any atom is -0.495 e. The molecule has 1 saturated carbocycles. The van der Waals surface area contributed by atoms with Crippen LogP contribution >= 0.6 is 12.6 Å². The molecule has 24 heavy (non-hydrogen) atoms. The van der Waals surface area contributed by atoms with Crippen LogP contribution in [0, 0.1) is 12.8 Å². The van der Waals surface area contributed by atoms with Crippen molar-refractivity contribution in [2.45, 2.75) is 70.1 Å². The first-order valence-electron chi connectivity index (χ1n) is 9.42. The average molecular weight is 345 g/mol. The molecule has 3 rings (SSSR count). The fourth-order valence-corrected chi connectivity index (χ4v) is 4.24. The smallest absolute Gasteiger partial charge is 0.135 e. The van der Waals surface area contributed by atoms with E-state index in [-0.39, 0.29) is 0 Å². The monoisotopic (exact) mass is 344 g/mol. The van der Waals surface area contributed by atoms with Gasteiger partial charge in [0.25, 0.3) is 0 Å². The summed E-state index contributed by atoms with van der Waals surface area (Å²) in [5.74, 6) is 1.96. The summed E-state index contributed by atoms with van der Waals surface area (Å²) in [4.78, 5) is 0.920. The van der Waals surface area contributed by atoms with E-state index >= 15 is 0 Å². The van der Waals surface area contributed by atoms with Gasteiger partial charge in [-0.05, 0) is 35.2 Å². The van der Waals surface area contributed by atoms with Crippen molar-refractivity contribution in [3.8, 4) is 5.75 Å². The zero-order chi connectivity index (χ0) is 17.4. The third-order valence-electron chi connectivity index (χ3n) is 5.04. The molecule has 0 spiro atoms. The lowest BCUT2D eigenvalue weighted by Gasteiger charge is -2.10. The van der Waals surface area contributed by atoms with Crippen LogP contribution in [0.4, 0.5) is 0 Å². The molecule has 0 aromatic heterocycles. The van der Waals surface area contributed by atoms with Crippen molar-refractivity contribution in [1.82, 2.24) is 0 Å². The first-order valence-corrected chi connectivity index (χ1v) is 9.87. The molecule has 0 aliphatic heterocycles. The molecular formula is C22H32OS. The van der Waals surface area contributed by atoms with Crippen LogP contribution in [0.5, 0.6) is 5.75 Å². The lowest BCUT2D eigenvalue weighted by atomic mass is 9.96. The highest BCUT2D eigenvalue weighted by atomic mass is 32.1. The van der Waals surface area contributed by atoms with Gasteiger partial charge in [0.1, 0.15) is 5.75 Å². The maximum Gasteiger partial charge on any atom is 0.135 e. The van der Waals surface area contributed by atoms with Crippen molar-refractivity contribution < 1.29 is 4.74 Å². The molecule has 0 radical (unpaired) electrons. The Bertz CT molecular complexity index is 627. The molecule has 132 valence electrons. The van der Waals surface area contributed by atoms with E-state index in [1.54, 1.807) is 7.11 Å². The van der Waals surface area contributed by atoms with Gasteiger partial charge in [0.2, 0.25) is 0 Å². The molecule has 0 heterocycles. The van der Waals surface area contributed by atoms with E-state index in [0.29, 0.717) is 0 Å². The SMILES string of the molecule is CCCC1CCCCCC1.COc1c(C)cc2ccccc2c1S. The molecule has 0 N–H and O–H groups in total. The standard InChI is InChI=1S/C12H12OS.C10H20/c1-8-7-9-5-3-4-6-10(9)12(14)11(8)13-2;1-2-7-10-8-5-3-4-6-9-10/h3-7,14H,1-2H3;10H,2-9H2,1H3. The second-order valence-corrected chi connectivity index (χ2v) is 7.39. The van der Waals surface area contributed by atoms with Gasteiger partial charge in [-0.2, -0.15) is 0 Å². The lowest BCUT2D eigenvalue weighted by molar-refractivity contribution is 0.403. The maximum absolute atomic E-state index is 5.31. The van der Waals surface area contributed by atoms with Crippen LogP contribution in [0.25, 0.3) is 10.8 Å². The Kier molecular flexibility index (Phi) is 7.98. The predicted molar refractivity (Wildman–Crippen MR) is 109 cm³/mol. The molecule has 1 aliphatic rings. The quantitative estimate of drug-likeness (QED) is 0.457. The number of rotatable bonds is 3. The third kappa shape index (κ3) is 5.17. The van der Waals surface area contributed by atoms with E-state index in [1.807, 2.05) is 19.1 Å². The number of hydrogen-bond donors (Lipinski definition) is 1. The van der Waals surface area contributed by atoms with Crippen LogP contribution < -0.4 is 4.74 Å². The number of thiol groups is 1. The largest absolute Gasteiger partial charge is 0.495 e. The number of ether oxygens (including phenoxy) is 1. The van der Waals surface area contributed by atoms with Gasteiger partial charge < -0.3 is 4.74 Å². The molecule has 1 fully saturated rings. The van der Waals surface area contributed by atoms with E-state index in [0.717, 1.165) is 27.5 Å². The topological polar surface area (TPSA) is 9.23 Å². The minimum absolute atomic E-state index is 0.868. The highest BCUT2D eigenvalue weighted by Gasteiger charge is 2.10. The van der Waals surface area contributed by atoms with Gasteiger partial charge >= 0.3 is 0 Å². The predicted octanol–water partition coefficient (Wildman–Crippen LogP) is 7.20. The molecule has 0 amide bonds. The van der Waals surface area contributed by atoms with Gasteiger partial charge in [0.15, 0.2) is 0 Å². The summed E-state index contributed by atoms with van der Waals surface area (Å²) in [6.45, 7) is 4.34. The zero-order valence-corrected chi connectivity index (χ0v) is 16.4. The van der Waals surface area contributed by atoms with Crippen LogP contribution in [0.1, 0.15) is 63.9 Å². The Hall–Kier alpha value is -1.15. The Labute approximate surface area is 153 Å². The minimum atomic E-state index is 0.868. The van der Waals surface area contributed by atoms with Gasteiger partial charge in [-0.3, -0.25) is 0 Å². The Balaban J connectivity index is 0.000000185. The zero-order valence-electron chi connectivity index (χ0n) is 15.5. The highest BCUT2D eigenvalue weighted by molar-refractivity contribution is 7.80. The van der Waals surface area contributed by atoms with Gasteiger partial charge in [0, 0.05) is 0 Å². The van der Waals surface area contributed by atoms with Crippen LogP contribution in [0.3, 0.4) is 0 Å². The maximum atomic E-state index is 5.31. The van der Waals surface area contributed by atoms with Gasteiger partial charge in [-0.1, -0.05) is 82.6 Å². The number of benzene rings is 2. The third-order valence-corrected chi connectivity index (χ3v) is 5.48. The van der Waals surface area contributed by atoms with Gasteiger partial charge in [-0.25, -0.2) is 0 Å². The number of hydrogen-bond acceptors (Lipinski definition) is 2. The van der Waals surface area contributed by atoms with Crippen molar-refractivity contribution in [3.63, 3.8) is 0 Å². The van der Waals surface area contributed by atoms with Crippen LogP contribution in [-0.2, 0) is 0 Å². The summed E-state index contributed by atoms with van der Waals surface area (Å²) < 4.78 is 5.31. The molecule has 0 unspecified atom stereocenters. The van der Waals surface area contributed by atoms with E-state index in [9.17, 15) is 0 Å². The first kappa shape index (κ1) is 19.2. The summed E-state index contributed by atoms with van der Waals surface area (Å²) in [5.41, 5.74) is 1.12. The summed E-state index contributed by atoms with van der Waals surface area (Å²) in [5, 5.41) is 2.34. The second-order valence-electron chi connectivity index (χ2n) is 6.94. The molecule has 0 atom stereocenters. The van der Waals surface area contributed by atoms with Gasteiger partial charge in [-0.15, -0.1) is 12.6 Å². The summed E-state index contributed by atoms with van der Waals surface area (Å²) in [7, 11) is 1.68. The van der Waals surface area contributed by atoms with Crippen molar-refractivity contribution in [2.24, 2.45) is 5.92 Å². The normalized spacial score (nSPS) is 15.5. The summed E-state index contributed by atoms with van der Waals surface area (Å²) >= 11 is 4.49. The molecule has 1 nitrogen and oxygen atoms in total. The highest BCUT2D eigenvalue weighted by Crippen LogP contribution is 2.34. The van der Waals surface area contributed by atoms with E-state index in [4.69, 9.17) is 4.74 Å². The molecule has 1 aliphatic carbocycles. The van der Waals surface area contributed by atoms with E-state index in [2.05, 4.69) is 37.8 Å². The van der Waals surface area contributed by atoms with Crippen molar-refractivity contribution in [1.29, 1.82) is 0 Å². The summed E-state index contributed by atoms with van der Waals surface area (Å²) in [6, 6.07) is 10.3. The first-order chi connectivity index (χ1) is 11.7. The van der Waals surface area contributed by atoms with Crippen LogP contribution in [0.15, 0.2) is 35.2 Å². The molecule has 2 aromatic rings. The van der Waals surface area contributed by atoms with Gasteiger partial charge in [0.05, 0.1) is 12.0 Å². The number of methoxy groups -OCH3 is 1. The Morgan fingerprint density at radius 3 is 2.38 bits per heavy atom.